The summed E-state index contributed by atoms with van der Waals surface area (Å²) in [6.45, 7) is 0. The van der Waals surface area contributed by atoms with Crippen molar-refractivity contribution in [1.29, 1.82) is 0 Å². The van der Waals surface area contributed by atoms with Crippen molar-refractivity contribution in [2.24, 2.45) is 0 Å². The van der Waals surface area contributed by atoms with Gasteiger partial charge in [0.2, 0.25) is 0 Å². The molecule has 0 aliphatic carbocycles. The number of thiophene rings is 2. The van der Waals surface area contributed by atoms with E-state index >= 15 is 0 Å². The lowest BCUT2D eigenvalue weighted by Gasteiger charge is -2.14. The Bertz CT molecular complexity index is 2700. The quantitative estimate of drug-likeness (QED) is 0.199. The molecule has 3 nitrogen and oxygen atoms in total. The van der Waals surface area contributed by atoms with Gasteiger partial charge in [0.05, 0.1) is 15.7 Å². The Kier molecular flexibility index (Phi) is 5.32. The molecule has 0 unspecified atom stereocenters. The van der Waals surface area contributed by atoms with E-state index < -0.39 is 0 Å². The van der Waals surface area contributed by atoms with E-state index in [1.807, 2.05) is 17.5 Å². The highest BCUT2D eigenvalue weighted by molar-refractivity contribution is 7.30. The second-order valence-corrected chi connectivity index (χ2v) is 13.5. The average Bonchev–Trinajstić information content (AvgIpc) is 3.78. The molecule has 0 saturated heterocycles. The van der Waals surface area contributed by atoms with Gasteiger partial charge in [0.15, 0.2) is 0 Å². The van der Waals surface area contributed by atoms with Crippen molar-refractivity contribution in [2.75, 3.05) is 0 Å². The second kappa shape index (κ2) is 9.57. The molecule has 6 aromatic carbocycles. The minimum absolute atomic E-state index is 1.03. The lowest BCUT2D eigenvalue weighted by atomic mass is 9.98. The Morgan fingerprint density at radius 2 is 1.18 bits per heavy atom. The van der Waals surface area contributed by atoms with E-state index in [0.29, 0.717) is 0 Å². The van der Waals surface area contributed by atoms with Gasteiger partial charge < -0.3 is 4.57 Å². The van der Waals surface area contributed by atoms with Crippen molar-refractivity contribution in [2.45, 2.75) is 0 Å². The van der Waals surface area contributed by atoms with E-state index in [1.54, 1.807) is 17.7 Å². The molecular formula is C40H23N3S2. The van der Waals surface area contributed by atoms with E-state index in [0.717, 1.165) is 15.9 Å². The zero-order valence-electron chi connectivity index (χ0n) is 23.9. The molecule has 0 aliphatic heterocycles. The zero-order chi connectivity index (χ0) is 29.5. The van der Waals surface area contributed by atoms with E-state index in [2.05, 4.69) is 137 Å². The highest BCUT2D eigenvalue weighted by atomic mass is 32.1. The summed E-state index contributed by atoms with van der Waals surface area (Å²) in [6.07, 6.45) is 3.66. The molecule has 0 aliphatic rings. The lowest BCUT2D eigenvalue weighted by Crippen LogP contribution is -1.96. The molecule has 0 radical (unpaired) electrons. The number of hydrogen-bond acceptors (Lipinski definition) is 4. The van der Waals surface area contributed by atoms with Crippen LogP contribution in [0.4, 0.5) is 0 Å². The van der Waals surface area contributed by atoms with Crippen LogP contribution in [-0.2, 0) is 0 Å². The summed E-state index contributed by atoms with van der Waals surface area (Å²) in [5, 5.41) is 7.49. The Hall–Kier alpha value is -5.36. The first-order valence-corrected chi connectivity index (χ1v) is 16.6. The Morgan fingerprint density at radius 3 is 1.93 bits per heavy atom. The van der Waals surface area contributed by atoms with Crippen LogP contribution < -0.4 is 0 Å². The summed E-state index contributed by atoms with van der Waals surface area (Å²) in [5.74, 6) is 0. The summed E-state index contributed by atoms with van der Waals surface area (Å²) >= 11 is 3.68. The molecule has 10 aromatic rings. The van der Waals surface area contributed by atoms with Crippen molar-refractivity contribution >= 4 is 85.0 Å². The van der Waals surface area contributed by atoms with Gasteiger partial charge in [-0.2, -0.15) is 0 Å². The molecular weight excluding hydrogens is 587 g/mol. The molecule has 0 atom stereocenters. The fourth-order valence-electron chi connectivity index (χ4n) is 7.01. The Labute approximate surface area is 266 Å². The van der Waals surface area contributed by atoms with Gasteiger partial charge in [0.1, 0.15) is 11.2 Å². The summed E-state index contributed by atoms with van der Waals surface area (Å²) in [7, 11) is 0. The van der Waals surface area contributed by atoms with Gasteiger partial charge in [-0.05, 0) is 52.6 Å². The molecule has 0 spiro atoms. The maximum absolute atomic E-state index is 4.74. The van der Waals surface area contributed by atoms with Crippen LogP contribution in [0.3, 0.4) is 0 Å². The third-order valence-electron chi connectivity index (χ3n) is 8.92. The molecule has 0 amide bonds. The van der Waals surface area contributed by atoms with E-state index in [-0.39, 0.29) is 0 Å². The van der Waals surface area contributed by atoms with Gasteiger partial charge in [-0.1, -0.05) is 97.1 Å². The lowest BCUT2D eigenvalue weighted by molar-refractivity contribution is 1.19. The average molecular weight is 610 g/mol. The minimum Gasteiger partial charge on any atom is -0.308 e. The summed E-state index contributed by atoms with van der Waals surface area (Å²) in [5.41, 5.74) is 8.38. The molecule has 10 rings (SSSR count). The smallest absolute Gasteiger partial charge is 0.127 e. The van der Waals surface area contributed by atoms with Crippen LogP contribution in [0, 0.1) is 0 Å². The van der Waals surface area contributed by atoms with Gasteiger partial charge >= 0.3 is 0 Å². The first-order valence-electron chi connectivity index (χ1n) is 15.0. The van der Waals surface area contributed by atoms with Crippen LogP contribution >= 0.6 is 22.7 Å². The van der Waals surface area contributed by atoms with Crippen LogP contribution in [0.2, 0.25) is 0 Å². The highest BCUT2D eigenvalue weighted by Gasteiger charge is 2.25. The highest BCUT2D eigenvalue weighted by Crippen LogP contribution is 2.51. The number of hydrogen-bond donors (Lipinski definition) is 0. The topological polar surface area (TPSA) is 30.7 Å². The van der Waals surface area contributed by atoms with Crippen molar-refractivity contribution < 1.29 is 0 Å². The molecule has 4 aromatic heterocycles. The third kappa shape index (κ3) is 3.62. The van der Waals surface area contributed by atoms with Crippen molar-refractivity contribution in [1.82, 2.24) is 14.5 Å². The SMILES string of the molecule is c1ccc(-c2cc(-c3ccccc3)cc(-n3c4ccccc4c4c5c6cncnc6sc5c5c6ccccc6sc5c43)c2)cc1. The fraction of sp³-hybridized carbons (Fsp3) is 0. The van der Waals surface area contributed by atoms with Gasteiger partial charge in [0.25, 0.3) is 0 Å². The fourth-order valence-corrected chi connectivity index (χ4v) is 9.52. The molecule has 210 valence electrons. The molecule has 0 bridgehead atoms. The summed E-state index contributed by atoms with van der Waals surface area (Å²) < 4.78 is 6.40. The largest absolute Gasteiger partial charge is 0.308 e. The monoisotopic (exact) mass is 609 g/mol. The predicted octanol–water partition coefficient (Wildman–Crippen LogP) is 11.6. The van der Waals surface area contributed by atoms with Crippen LogP contribution in [0.5, 0.6) is 0 Å². The van der Waals surface area contributed by atoms with Gasteiger partial charge in [-0.15, -0.1) is 22.7 Å². The maximum Gasteiger partial charge on any atom is 0.127 e. The first kappa shape index (κ1) is 25.0. The standard InChI is InChI=1S/C40H23N3S2/c1-3-11-24(12-4-1)26-19-27(25-13-5-2-6-14-25)21-28(20-26)43-32-17-9-7-15-29(32)34-35-31-22-41-23-42-40(31)45-38(35)36-30-16-8-10-18-33(30)44-39(36)37(34)43/h1-23H. The molecule has 0 saturated carbocycles. The Morgan fingerprint density at radius 1 is 0.511 bits per heavy atom. The van der Waals surface area contributed by atoms with Gasteiger partial charge in [-0.3, -0.25) is 0 Å². The number of rotatable bonds is 3. The molecule has 4 heterocycles. The number of fused-ring (bicyclic) bond motifs is 12. The number of para-hydroxylation sites is 1. The minimum atomic E-state index is 1.03. The maximum atomic E-state index is 4.74. The van der Waals surface area contributed by atoms with E-state index in [1.165, 1.54) is 74.3 Å². The molecule has 0 fully saturated rings. The van der Waals surface area contributed by atoms with Crippen LogP contribution in [0.1, 0.15) is 0 Å². The molecule has 45 heavy (non-hydrogen) atoms. The van der Waals surface area contributed by atoms with Crippen LogP contribution in [0.25, 0.3) is 90.2 Å². The zero-order valence-corrected chi connectivity index (χ0v) is 25.6. The van der Waals surface area contributed by atoms with Crippen LogP contribution in [0.15, 0.2) is 140 Å². The number of aromatic nitrogens is 3. The van der Waals surface area contributed by atoms with Gasteiger partial charge in [-0.25, -0.2) is 9.97 Å². The van der Waals surface area contributed by atoms with Crippen molar-refractivity contribution in [3.8, 4) is 27.9 Å². The molecule has 0 N–H and O–H groups in total. The Balaban J connectivity index is 1.45. The van der Waals surface area contributed by atoms with Crippen molar-refractivity contribution in [3.63, 3.8) is 0 Å². The van der Waals surface area contributed by atoms with Crippen molar-refractivity contribution in [3.05, 3.63) is 140 Å². The normalized spacial score (nSPS) is 12.0. The second-order valence-electron chi connectivity index (χ2n) is 11.4. The van der Waals surface area contributed by atoms with E-state index in [9.17, 15) is 0 Å². The summed E-state index contributed by atoms with van der Waals surface area (Å²) in [6, 6.07) is 46.1. The van der Waals surface area contributed by atoms with E-state index in [4.69, 9.17) is 4.98 Å². The molecule has 5 heteroatoms. The van der Waals surface area contributed by atoms with Gasteiger partial charge in [0, 0.05) is 53.6 Å². The first-order chi connectivity index (χ1) is 22.3. The predicted molar refractivity (Wildman–Crippen MR) is 193 cm³/mol. The van der Waals surface area contributed by atoms with Crippen LogP contribution in [-0.4, -0.2) is 14.5 Å². The third-order valence-corrected chi connectivity index (χ3v) is 11.2. The number of benzene rings is 6. The number of nitrogens with zero attached hydrogens (tertiary/aromatic N) is 3. The summed E-state index contributed by atoms with van der Waals surface area (Å²) in [4.78, 5) is 10.3.